The Kier molecular flexibility index (Phi) is 8.30. The smallest absolute Gasteiger partial charge is 0.264 e. The molecule has 0 aromatic carbocycles. The molecule has 146 valence electrons. The first kappa shape index (κ1) is 23.6. The number of hydrogen-bond donors (Lipinski definition) is 1. The summed E-state index contributed by atoms with van der Waals surface area (Å²) in [6.45, 7) is 2.20. The maximum Gasteiger partial charge on any atom is 0.512 e. The zero-order valence-corrected chi connectivity index (χ0v) is 14.2. The number of alkyl halides is 6. The Labute approximate surface area is 140 Å². The Morgan fingerprint density at radius 1 is 1.00 bits per heavy atom. The van der Waals surface area contributed by atoms with Gasteiger partial charge in [-0.2, -0.15) is 26.3 Å². The summed E-state index contributed by atoms with van der Waals surface area (Å²) < 4.78 is 108. The van der Waals surface area contributed by atoms with Crippen molar-refractivity contribution in [2.75, 3.05) is 0 Å². The van der Waals surface area contributed by atoms with Crippen molar-refractivity contribution in [3.8, 4) is 0 Å². The number of aryl methyl sites for hydroxylation is 1. The van der Waals surface area contributed by atoms with Crippen LogP contribution in [0.4, 0.5) is 26.3 Å². The zero-order chi connectivity index (χ0) is 19.9. The Balaban J connectivity index is 0.000000496. The van der Waals surface area contributed by atoms with E-state index >= 15 is 0 Å². The van der Waals surface area contributed by atoms with E-state index in [4.69, 9.17) is 0 Å². The van der Waals surface area contributed by atoms with E-state index in [9.17, 15) is 43.2 Å². The number of sulfonamides is 2. The van der Waals surface area contributed by atoms with Gasteiger partial charge in [0.2, 0.25) is 0 Å². The number of aromatic nitrogens is 1. The molecule has 1 aromatic rings. The molecule has 25 heavy (non-hydrogen) atoms. The fraction of sp³-hybridized carbons (Fsp3) is 0.545. The van der Waals surface area contributed by atoms with E-state index < -0.39 is 35.2 Å². The third-order valence-corrected chi connectivity index (χ3v) is 5.34. The van der Waals surface area contributed by atoms with Crippen molar-refractivity contribution in [3.05, 3.63) is 30.1 Å². The van der Waals surface area contributed by atoms with Gasteiger partial charge >= 0.3 is 31.1 Å². The fourth-order valence-corrected chi connectivity index (χ4v) is 3.08. The van der Waals surface area contributed by atoms with Gasteiger partial charge in [0.1, 0.15) is 0 Å². The van der Waals surface area contributed by atoms with Crippen LogP contribution in [-0.2, 0) is 26.5 Å². The number of hydrogen-bond acceptors (Lipinski definition) is 5. The quantitative estimate of drug-likeness (QED) is 0.745. The number of nitrogens with one attached hydrogen (secondary N) is 1. The van der Waals surface area contributed by atoms with Crippen LogP contribution in [0.5, 0.6) is 0 Å². The lowest BCUT2D eigenvalue weighted by atomic mass is 10.1. The molecule has 0 saturated carbocycles. The summed E-state index contributed by atoms with van der Waals surface area (Å²) in [6, 6.07) is 4.12. The number of halogens is 6. The van der Waals surface area contributed by atoms with Crippen molar-refractivity contribution in [3.63, 3.8) is 0 Å². The molecule has 0 fully saturated rings. The van der Waals surface area contributed by atoms with Gasteiger partial charge in [-0.3, -0.25) is 4.98 Å². The van der Waals surface area contributed by atoms with E-state index in [2.05, 4.69) is 18.0 Å². The van der Waals surface area contributed by atoms with Gasteiger partial charge in [0.15, 0.2) is 0 Å². The minimum Gasteiger partial charge on any atom is -0.264 e. The summed E-state index contributed by atoms with van der Waals surface area (Å²) >= 11 is 0. The molecule has 0 spiro atoms. The monoisotopic (exact) mass is 416 g/mol. The molecule has 0 aliphatic rings. The predicted octanol–water partition coefficient (Wildman–Crippen LogP) is 2.70. The maximum atomic E-state index is 11.5. The molecule has 0 aliphatic heterocycles. The summed E-state index contributed by atoms with van der Waals surface area (Å²) in [5, 5.41) is 0. The average molecular weight is 416 g/mol. The molecule has 1 aromatic heterocycles. The second-order valence-electron chi connectivity index (χ2n) is 4.45. The molecule has 0 bridgehead atoms. The second-order valence-corrected chi connectivity index (χ2v) is 8.05. The van der Waals surface area contributed by atoms with Gasteiger partial charge in [-0.15, -0.1) is 0 Å². The first-order valence-corrected chi connectivity index (χ1v) is 9.40. The highest BCUT2D eigenvalue weighted by Crippen LogP contribution is 2.27. The summed E-state index contributed by atoms with van der Waals surface area (Å²) in [6.07, 6.45) is 7.45. The molecule has 14 heteroatoms. The van der Waals surface area contributed by atoms with Gasteiger partial charge in [-0.05, 0) is 24.5 Å². The molecule has 0 atom stereocenters. The summed E-state index contributed by atoms with van der Waals surface area (Å²) in [4.78, 5) is 4.04. The zero-order valence-electron chi connectivity index (χ0n) is 12.6. The SMILES string of the molecule is CCCCc1cccnc1.O=S(=O)(NS(=O)(=O)C(F)(F)F)C(F)(F)F. The largest absolute Gasteiger partial charge is 0.512 e. The van der Waals surface area contributed by atoms with Crippen molar-refractivity contribution >= 4 is 20.0 Å². The third kappa shape index (κ3) is 8.00. The minimum absolute atomic E-state index is 0.493. The molecule has 0 saturated heterocycles. The van der Waals surface area contributed by atoms with E-state index in [1.54, 1.807) is 0 Å². The molecule has 0 amide bonds. The summed E-state index contributed by atoms with van der Waals surface area (Å²) in [7, 11) is -13.2. The van der Waals surface area contributed by atoms with E-state index in [-0.39, 0.29) is 0 Å². The molecule has 1 heterocycles. The van der Waals surface area contributed by atoms with Crippen molar-refractivity contribution in [1.82, 2.24) is 9.11 Å². The van der Waals surface area contributed by atoms with Gasteiger partial charge in [-0.25, -0.2) is 16.8 Å². The molecule has 6 nitrogen and oxygen atoms in total. The standard InChI is InChI=1S/C9H13N.C2HF6NO4S2/c1-2-3-5-9-6-4-7-10-8-9;3-1(4,5)14(10,11)9-15(12,13)2(6,7)8/h4,6-8H,2-3,5H2,1H3;9H. The van der Waals surface area contributed by atoms with Crippen LogP contribution in [0, 0.1) is 0 Å². The van der Waals surface area contributed by atoms with Crippen LogP contribution >= 0.6 is 0 Å². The molecule has 0 aliphatic carbocycles. The third-order valence-electron chi connectivity index (χ3n) is 2.37. The van der Waals surface area contributed by atoms with Crippen LogP contribution < -0.4 is 4.13 Å². The fourth-order valence-electron chi connectivity index (χ4n) is 1.17. The van der Waals surface area contributed by atoms with Gasteiger partial charge < -0.3 is 0 Å². The summed E-state index contributed by atoms with van der Waals surface area (Å²) in [5.74, 6) is 0. The minimum atomic E-state index is -6.60. The summed E-state index contributed by atoms with van der Waals surface area (Å²) in [5.41, 5.74) is -10.9. The second kappa shape index (κ2) is 8.80. The maximum absolute atomic E-state index is 11.5. The number of rotatable bonds is 5. The van der Waals surface area contributed by atoms with E-state index in [0.29, 0.717) is 0 Å². The predicted molar refractivity (Wildman–Crippen MR) is 75.9 cm³/mol. The number of nitrogens with zero attached hydrogens (tertiary/aromatic N) is 1. The first-order valence-electron chi connectivity index (χ1n) is 6.44. The average Bonchev–Trinajstić information content (AvgIpc) is 2.43. The lowest BCUT2D eigenvalue weighted by Gasteiger charge is -2.11. The van der Waals surface area contributed by atoms with Crippen LogP contribution in [0.25, 0.3) is 0 Å². The van der Waals surface area contributed by atoms with Gasteiger partial charge in [0.05, 0.1) is 0 Å². The normalized spacial score (nSPS) is 13.1. The Morgan fingerprint density at radius 2 is 1.48 bits per heavy atom. The Hall–Kier alpha value is -1.41. The van der Waals surface area contributed by atoms with E-state index in [1.165, 1.54) is 24.8 Å². The van der Waals surface area contributed by atoms with Crippen LogP contribution in [-0.4, -0.2) is 32.8 Å². The lowest BCUT2D eigenvalue weighted by Crippen LogP contribution is -2.45. The number of unbranched alkanes of at least 4 members (excludes halogenated alkanes) is 1. The van der Waals surface area contributed by atoms with Gasteiger partial charge in [0, 0.05) is 12.4 Å². The topological polar surface area (TPSA) is 93.2 Å². The Bertz CT molecular complexity index is 688. The lowest BCUT2D eigenvalue weighted by molar-refractivity contribution is -0.0476. The molecule has 0 unspecified atom stereocenters. The van der Waals surface area contributed by atoms with Crippen molar-refractivity contribution in [2.24, 2.45) is 0 Å². The van der Waals surface area contributed by atoms with E-state index in [0.717, 1.165) is 0 Å². The molecule has 1 N–H and O–H groups in total. The van der Waals surface area contributed by atoms with Crippen LogP contribution in [0.2, 0.25) is 0 Å². The van der Waals surface area contributed by atoms with Crippen LogP contribution in [0.3, 0.4) is 0 Å². The highest BCUT2D eigenvalue weighted by Gasteiger charge is 2.55. The van der Waals surface area contributed by atoms with Crippen molar-refractivity contribution < 1.29 is 43.2 Å². The van der Waals surface area contributed by atoms with Crippen molar-refractivity contribution in [1.29, 1.82) is 0 Å². The molecule has 1 rings (SSSR count). The van der Waals surface area contributed by atoms with Crippen molar-refractivity contribution in [2.45, 2.75) is 37.2 Å². The van der Waals surface area contributed by atoms with Crippen LogP contribution in [0.1, 0.15) is 25.3 Å². The highest BCUT2D eigenvalue weighted by atomic mass is 32.3. The highest BCUT2D eigenvalue weighted by molar-refractivity contribution is 8.05. The van der Waals surface area contributed by atoms with Crippen LogP contribution in [0.15, 0.2) is 24.5 Å². The molecule has 0 radical (unpaired) electrons. The number of pyridine rings is 1. The van der Waals surface area contributed by atoms with Gasteiger partial charge in [-0.1, -0.05) is 23.5 Å². The first-order chi connectivity index (χ1) is 11.1. The Morgan fingerprint density at radius 3 is 1.80 bits per heavy atom. The molecular weight excluding hydrogens is 402 g/mol. The molecular formula is C11H14F6N2O4S2. The van der Waals surface area contributed by atoms with E-state index in [1.807, 2.05) is 18.5 Å². The van der Waals surface area contributed by atoms with Gasteiger partial charge in [0.25, 0.3) is 0 Å².